The zero-order valence-electron chi connectivity index (χ0n) is 31.4. The van der Waals surface area contributed by atoms with E-state index in [1.54, 1.807) is 24.3 Å². The summed E-state index contributed by atoms with van der Waals surface area (Å²) in [4.78, 5) is 39.2. The van der Waals surface area contributed by atoms with Gasteiger partial charge in [0.1, 0.15) is 64.9 Å². The first-order valence-corrected chi connectivity index (χ1v) is 17.9. The molecule has 4 aromatic rings. The number of hydrogen-bond acceptors (Lipinski definition) is 18. The fraction of sp³-hybridized carbons (Fsp3) is 0.447. The van der Waals surface area contributed by atoms with Crippen LogP contribution < -0.4 is 14.9 Å². The van der Waals surface area contributed by atoms with Crippen LogP contribution in [-0.2, 0) is 41.6 Å². The summed E-state index contributed by atoms with van der Waals surface area (Å²) >= 11 is 0. The SMILES string of the molecule is COc1ccc(-c2oc3c(CC=C(C)C)c(O)cc(O)c3c(=O)c2OC(=O)CCC(=O)OCCOCCOCc2cn([C@H]3O[C@@H](CO)[C@H](O)[C@@H](O)[C@@H]3O)nn2)cc1. The molecule has 57 heavy (non-hydrogen) atoms. The fourth-order valence-electron chi connectivity index (χ4n) is 5.75. The molecule has 0 bridgehead atoms. The van der Waals surface area contributed by atoms with Gasteiger partial charge in [0.15, 0.2) is 12.0 Å². The maximum atomic E-state index is 13.8. The van der Waals surface area contributed by atoms with E-state index in [2.05, 4.69) is 10.3 Å². The Bertz CT molecular complexity index is 2090. The van der Waals surface area contributed by atoms with Gasteiger partial charge in [0.05, 0.1) is 59.2 Å². The molecule has 19 nitrogen and oxygen atoms in total. The lowest BCUT2D eigenvalue weighted by atomic mass is 9.98. The Labute approximate surface area is 325 Å². The van der Waals surface area contributed by atoms with Crippen LogP contribution in [0.1, 0.15) is 44.2 Å². The molecule has 0 aliphatic carbocycles. The number of aliphatic hydroxyl groups is 4. The van der Waals surface area contributed by atoms with E-state index >= 15 is 0 Å². The zero-order chi connectivity index (χ0) is 41.2. The van der Waals surface area contributed by atoms with Gasteiger partial charge in [-0.3, -0.25) is 14.4 Å². The number of allylic oxidation sites excluding steroid dienone is 2. The minimum atomic E-state index is -1.56. The number of methoxy groups -OCH3 is 1. The van der Waals surface area contributed by atoms with Gasteiger partial charge in [-0.1, -0.05) is 16.9 Å². The third-order valence-electron chi connectivity index (χ3n) is 8.80. The predicted octanol–water partition coefficient (Wildman–Crippen LogP) is 1.41. The molecule has 0 radical (unpaired) electrons. The third kappa shape index (κ3) is 10.5. The van der Waals surface area contributed by atoms with E-state index < -0.39 is 72.5 Å². The van der Waals surface area contributed by atoms with Crippen molar-refractivity contribution in [2.45, 2.75) is 70.4 Å². The molecule has 6 N–H and O–H groups in total. The van der Waals surface area contributed by atoms with Gasteiger partial charge in [-0.25, -0.2) is 4.68 Å². The largest absolute Gasteiger partial charge is 0.507 e. The van der Waals surface area contributed by atoms with Crippen molar-refractivity contribution in [1.82, 2.24) is 15.0 Å². The van der Waals surface area contributed by atoms with E-state index in [-0.39, 0.29) is 73.9 Å². The quantitative estimate of drug-likeness (QED) is 0.0472. The normalized spacial score (nSPS) is 19.3. The molecule has 5 atom stereocenters. The first kappa shape index (κ1) is 42.7. The average Bonchev–Trinajstić information content (AvgIpc) is 3.66. The van der Waals surface area contributed by atoms with Crippen molar-refractivity contribution in [3.63, 3.8) is 0 Å². The van der Waals surface area contributed by atoms with Crippen LogP contribution >= 0.6 is 0 Å². The first-order chi connectivity index (χ1) is 27.3. The molecule has 1 fully saturated rings. The van der Waals surface area contributed by atoms with Crippen molar-refractivity contribution >= 4 is 22.9 Å². The summed E-state index contributed by atoms with van der Waals surface area (Å²) in [6.45, 7) is 3.30. The van der Waals surface area contributed by atoms with Crippen LogP contribution in [0.25, 0.3) is 22.3 Å². The number of carbonyl (C=O) groups is 2. The number of ether oxygens (including phenoxy) is 6. The number of phenols is 2. The second-order valence-corrected chi connectivity index (χ2v) is 13.2. The Hall–Kier alpha value is -5.41. The number of aliphatic hydroxyl groups excluding tert-OH is 4. The Balaban J connectivity index is 1.10. The molecule has 0 saturated carbocycles. The molecular formula is C38H45N3O16. The highest BCUT2D eigenvalue weighted by Gasteiger charge is 2.44. The van der Waals surface area contributed by atoms with Gasteiger partial charge in [-0.2, -0.15) is 0 Å². The van der Waals surface area contributed by atoms with Gasteiger partial charge >= 0.3 is 11.9 Å². The van der Waals surface area contributed by atoms with Crippen molar-refractivity contribution in [2.75, 3.05) is 40.1 Å². The minimum absolute atomic E-state index is 0.0106. The molecule has 3 heterocycles. The molecule has 0 amide bonds. The Kier molecular flexibility index (Phi) is 14.7. The molecule has 19 heteroatoms. The Morgan fingerprint density at radius 1 is 0.930 bits per heavy atom. The number of rotatable bonds is 18. The molecule has 1 aliphatic rings. The van der Waals surface area contributed by atoms with E-state index in [0.29, 0.717) is 17.0 Å². The van der Waals surface area contributed by atoms with E-state index in [4.69, 9.17) is 32.8 Å². The molecule has 1 aliphatic heterocycles. The van der Waals surface area contributed by atoms with Crippen LogP contribution in [0.3, 0.4) is 0 Å². The number of benzene rings is 2. The third-order valence-corrected chi connectivity index (χ3v) is 8.80. The maximum absolute atomic E-state index is 13.8. The summed E-state index contributed by atoms with van der Waals surface area (Å²) in [7, 11) is 1.48. The monoisotopic (exact) mass is 799 g/mol. The van der Waals surface area contributed by atoms with E-state index in [1.807, 2.05) is 19.9 Å². The number of aromatic nitrogens is 3. The van der Waals surface area contributed by atoms with Gasteiger partial charge in [-0.05, 0) is 44.5 Å². The summed E-state index contributed by atoms with van der Waals surface area (Å²) in [6.07, 6.45) is -4.31. The lowest BCUT2D eigenvalue weighted by Gasteiger charge is -2.39. The molecule has 0 unspecified atom stereocenters. The van der Waals surface area contributed by atoms with Gasteiger partial charge in [0.25, 0.3) is 0 Å². The van der Waals surface area contributed by atoms with Gasteiger partial charge in [0.2, 0.25) is 11.2 Å². The van der Waals surface area contributed by atoms with Crippen molar-refractivity contribution in [1.29, 1.82) is 0 Å². The van der Waals surface area contributed by atoms with E-state index in [1.165, 1.54) is 13.3 Å². The van der Waals surface area contributed by atoms with Crippen molar-refractivity contribution in [3.05, 3.63) is 69.7 Å². The summed E-state index contributed by atoms with van der Waals surface area (Å²) in [5.41, 5.74) is 0.920. The van der Waals surface area contributed by atoms with Crippen LogP contribution in [0.4, 0.5) is 0 Å². The van der Waals surface area contributed by atoms with Crippen LogP contribution in [0.2, 0.25) is 0 Å². The number of hydrogen-bond donors (Lipinski definition) is 6. The summed E-state index contributed by atoms with van der Waals surface area (Å²) < 4.78 is 39.4. The molecule has 2 aromatic carbocycles. The summed E-state index contributed by atoms with van der Waals surface area (Å²) in [6, 6.07) is 7.38. The van der Waals surface area contributed by atoms with Crippen molar-refractivity contribution in [2.24, 2.45) is 0 Å². The van der Waals surface area contributed by atoms with Gasteiger partial charge < -0.3 is 63.5 Å². The summed E-state index contributed by atoms with van der Waals surface area (Å²) in [5.74, 6) is -2.70. The highest BCUT2D eigenvalue weighted by molar-refractivity contribution is 5.92. The smallest absolute Gasteiger partial charge is 0.312 e. The fourth-order valence-corrected chi connectivity index (χ4v) is 5.75. The van der Waals surface area contributed by atoms with Gasteiger partial charge in [0, 0.05) is 17.2 Å². The topological polar surface area (TPSA) is 272 Å². The van der Waals surface area contributed by atoms with Crippen LogP contribution in [0.5, 0.6) is 23.0 Å². The number of phenolic OH excluding ortho intramolecular Hbond substituents is 2. The van der Waals surface area contributed by atoms with Crippen molar-refractivity contribution in [3.8, 4) is 34.3 Å². The second kappa shape index (κ2) is 19.6. The minimum Gasteiger partial charge on any atom is -0.507 e. The average molecular weight is 800 g/mol. The van der Waals surface area contributed by atoms with E-state index in [0.717, 1.165) is 16.3 Å². The molecule has 1 saturated heterocycles. The van der Waals surface area contributed by atoms with E-state index in [9.17, 15) is 45.0 Å². The van der Waals surface area contributed by atoms with Crippen LogP contribution in [0, 0.1) is 0 Å². The number of esters is 2. The van der Waals surface area contributed by atoms with Crippen molar-refractivity contribution < 1.29 is 73.1 Å². The number of nitrogens with zero attached hydrogens (tertiary/aromatic N) is 3. The predicted molar refractivity (Wildman–Crippen MR) is 196 cm³/mol. The number of aromatic hydroxyl groups is 2. The lowest BCUT2D eigenvalue weighted by Crippen LogP contribution is -2.56. The van der Waals surface area contributed by atoms with Gasteiger partial charge in [-0.15, -0.1) is 5.10 Å². The highest BCUT2D eigenvalue weighted by Crippen LogP contribution is 2.39. The molecule has 2 aromatic heterocycles. The summed E-state index contributed by atoms with van der Waals surface area (Å²) in [5, 5.41) is 68.4. The Morgan fingerprint density at radius 2 is 1.63 bits per heavy atom. The second-order valence-electron chi connectivity index (χ2n) is 13.2. The first-order valence-electron chi connectivity index (χ1n) is 17.9. The number of carbonyl (C=O) groups excluding carboxylic acids is 2. The zero-order valence-corrected chi connectivity index (χ0v) is 31.4. The van der Waals surface area contributed by atoms with Crippen LogP contribution in [0.15, 0.2) is 57.4 Å². The molecule has 5 rings (SSSR count). The maximum Gasteiger partial charge on any atom is 0.312 e. The molecule has 308 valence electrons. The van der Waals surface area contributed by atoms with Crippen LogP contribution in [-0.4, -0.2) is 122 Å². The highest BCUT2D eigenvalue weighted by atomic mass is 16.6. The molecular weight excluding hydrogens is 754 g/mol. The standard InChI is InChI=1S/C38H45N3O16/c1-20(2)4-9-24-25(43)16-26(44)30-32(48)37(35(57-36(24)30)21-5-7-23(51-3)8-6-21)56-29(46)11-10-28(45)54-15-14-52-12-13-53-19-22-17-41(40-39-22)38-34(50)33(49)31(47)27(18-42)55-38/h4-8,16-17,27,31,33-34,38,42-44,47,49-50H,9-15,18-19H2,1-3H3/t27-,31-,33+,34-,38-/m0/s1. The number of fused-ring (bicyclic) bond motifs is 1. The Morgan fingerprint density at radius 3 is 2.33 bits per heavy atom. The lowest BCUT2D eigenvalue weighted by molar-refractivity contribution is -0.254. The molecule has 0 spiro atoms.